The summed E-state index contributed by atoms with van der Waals surface area (Å²) in [7, 11) is 0. The number of halogens is 1. The molecule has 1 unspecified atom stereocenters. The Kier molecular flexibility index (Phi) is 5.63. The van der Waals surface area contributed by atoms with E-state index in [2.05, 4.69) is 28.9 Å². The number of hydrogen-bond donors (Lipinski definition) is 1. The van der Waals surface area contributed by atoms with Crippen LogP contribution in [-0.2, 0) is 6.54 Å². The number of aliphatic hydroxyl groups excluding tert-OH is 1. The first-order valence-corrected chi connectivity index (χ1v) is 7.39. The van der Waals surface area contributed by atoms with E-state index in [0.29, 0.717) is 36.3 Å². The molecule has 5 nitrogen and oxygen atoms in total. The monoisotopic (exact) mass is 307 g/mol. The van der Waals surface area contributed by atoms with Gasteiger partial charge in [0, 0.05) is 20.0 Å². The van der Waals surface area contributed by atoms with Crippen molar-refractivity contribution in [1.29, 1.82) is 0 Å². The van der Waals surface area contributed by atoms with Gasteiger partial charge in [-0.2, -0.15) is 4.98 Å². The lowest BCUT2D eigenvalue weighted by atomic mass is 10.1. The van der Waals surface area contributed by atoms with Gasteiger partial charge in [-0.25, -0.2) is 4.39 Å². The van der Waals surface area contributed by atoms with Crippen molar-refractivity contribution in [3.63, 3.8) is 0 Å². The van der Waals surface area contributed by atoms with Gasteiger partial charge in [-0.05, 0) is 23.6 Å². The van der Waals surface area contributed by atoms with E-state index in [4.69, 9.17) is 4.52 Å². The predicted molar refractivity (Wildman–Crippen MR) is 80.5 cm³/mol. The molecule has 1 aromatic heterocycles. The summed E-state index contributed by atoms with van der Waals surface area (Å²) in [5, 5.41) is 14.2. The van der Waals surface area contributed by atoms with Crippen LogP contribution in [0.5, 0.6) is 0 Å². The average molecular weight is 307 g/mol. The van der Waals surface area contributed by atoms with Crippen molar-refractivity contribution in [1.82, 2.24) is 15.0 Å². The lowest BCUT2D eigenvalue weighted by Gasteiger charge is -2.25. The summed E-state index contributed by atoms with van der Waals surface area (Å²) in [6, 6.07) is 5.92. The van der Waals surface area contributed by atoms with E-state index in [1.165, 1.54) is 12.1 Å². The predicted octanol–water partition coefficient (Wildman–Crippen LogP) is 2.71. The molecule has 0 saturated carbocycles. The zero-order valence-electron chi connectivity index (χ0n) is 13.2. The van der Waals surface area contributed by atoms with Crippen molar-refractivity contribution >= 4 is 0 Å². The molecule has 2 rings (SSSR count). The Bertz CT molecular complexity index is 583. The van der Waals surface area contributed by atoms with E-state index in [9.17, 15) is 9.50 Å². The van der Waals surface area contributed by atoms with Crippen molar-refractivity contribution in [3.8, 4) is 0 Å². The first-order chi connectivity index (χ1) is 10.4. The fourth-order valence-electron chi connectivity index (χ4n) is 2.36. The summed E-state index contributed by atoms with van der Waals surface area (Å²) in [6.07, 6.45) is -0.688. The third-order valence-electron chi connectivity index (χ3n) is 3.24. The van der Waals surface area contributed by atoms with Crippen LogP contribution in [-0.4, -0.2) is 33.2 Å². The Balaban J connectivity index is 2.03. The van der Waals surface area contributed by atoms with Crippen LogP contribution >= 0.6 is 0 Å². The number of aryl methyl sites for hydroxylation is 1. The second kappa shape index (κ2) is 7.47. The maximum absolute atomic E-state index is 13.0. The van der Waals surface area contributed by atoms with Gasteiger partial charge in [0.05, 0.1) is 12.6 Å². The quantitative estimate of drug-likeness (QED) is 0.852. The van der Waals surface area contributed by atoms with Crippen LogP contribution in [0.15, 0.2) is 28.8 Å². The molecular weight excluding hydrogens is 285 g/mol. The second-order valence-corrected chi connectivity index (χ2v) is 5.88. The SMILES string of the molecule is Cc1nc(CN(CC(C)C)CC(O)c2ccc(F)cc2)no1. The largest absolute Gasteiger partial charge is 0.387 e. The zero-order chi connectivity index (χ0) is 16.1. The minimum Gasteiger partial charge on any atom is -0.387 e. The van der Waals surface area contributed by atoms with Crippen LogP contribution in [0.25, 0.3) is 0 Å². The number of aromatic nitrogens is 2. The minimum atomic E-state index is -0.688. The van der Waals surface area contributed by atoms with Gasteiger partial charge in [0.2, 0.25) is 5.89 Å². The molecule has 2 aromatic rings. The number of nitrogens with zero attached hydrogens (tertiary/aromatic N) is 3. The topological polar surface area (TPSA) is 62.4 Å². The zero-order valence-corrected chi connectivity index (χ0v) is 13.2. The number of benzene rings is 1. The van der Waals surface area contributed by atoms with Crippen molar-refractivity contribution < 1.29 is 14.0 Å². The van der Waals surface area contributed by atoms with Crippen LogP contribution in [0, 0.1) is 18.7 Å². The van der Waals surface area contributed by atoms with Crippen LogP contribution in [0.3, 0.4) is 0 Å². The Morgan fingerprint density at radius 1 is 1.23 bits per heavy atom. The lowest BCUT2D eigenvalue weighted by Crippen LogP contribution is -2.32. The van der Waals surface area contributed by atoms with Crippen LogP contribution < -0.4 is 0 Å². The Morgan fingerprint density at radius 2 is 1.91 bits per heavy atom. The standard InChI is InChI=1S/C16H22FN3O2/c1-11(2)8-20(10-16-18-12(3)22-19-16)9-15(21)13-4-6-14(17)7-5-13/h4-7,11,15,21H,8-10H2,1-3H3. The molecule has 1 aromatic carbocycles. The summed E-state index contributed by atoms with van der Waals surface area (Å²) >= 11 is 0. The highest BCUT2D eigenvalue weighted by molar-refractivity contribution is 5.18. The summed E-state index contributed by atoms with van der Waals surface area (Å²) in [5.41, 5.74) is 0.694. The highest BCUT2D eigenvalue weighted by atomic mass is 19.1. The molecule has 0 aliphatic carbocycles. The normalized spacial score (nSPS) is 13.0. The van der Waals surface area contributed by atoms with Gasteiger partial charge in [0.25, 0.3) is 0 Å². The van der Waals surface area contributed by atoms with Gasteiger partial charge >= 0.3 is 0 Å². The average Bonchev–Trinajstić information content (AvgIpc) is 2.84. The van der Waals surface area contributed by atoms with Crippen molar-refractivity contribution in [2.75, 3.05) is 13.1 Å². The van der Waals surface area contributed by atoms with Gasteiger partial charge in [-0.15, -0.1) is 0 Å². The van der Waals surface area contributed by atoms with Gasteiger partial charge in [-0.3, -0.25) is 4.90 Å². The molecule has 6 heteroatoms. The molecule has 0 amide bonds. The van der Waals surface area contributed by atoms with Crippen LogP contribution in [0.4, 0.5) is 4.39 Å². The lowest BCUT2D eigenvalue weighted by molar-refractivity contribution is 0.0995. The fourth-order valence-corrected chi connectivity index (χ4v) is 2.36. The van der Waals surface area contributed by atoms with Crippen LogP contribution in [0.1, 0.15) is 37.2 Å². The molecule has 1 atom stereocenters. The van der Waals surface area contributed by atoms with Gasteiger partial charge in [0.15, 0.2) is 5.82 Å². The van der Waals surface area contributed by atoms with Crippen LogP contribution in [0.2, 0.25) is 0 Å². The van der Waals surface area contributed by atoms with E-state index in [1.807, 2.05) is 0 Å². The summed E-state index contributed by atoms with van der Waals surface area (Å²) in [5.74, 6) is 1.26. The third kappa shape index (κ3) is 4.89. The molecule has 1 N–H and O–H groups in total. The maximum Gasteiger partial charge on any atom is 0.223 e. The maximum atomic E-state index is 13.0. The molecule has 0 fully saturated rings. The first kappa shape index (κ1) is 16.6. The van der Waals surface area contributed by atoms with Gasteiger partial charge in [0.1, 0.15) is 5.82 Å². The number of aliphatic hydroxyl groups is 1. The molecule has 0 saturated heterocycles. The summed E-state index contributed by atoms with van der Waals surface area (Å²) < 4.78 is 17.9. The fraction of sp³-hybridized carbons (Fsp3) is 0.500. The molecule has 1 heterocycles. The van der Waals surface area contributed by atoms with Crippen molar-refractivity contribution in [2.24, 2.45) is 5.92 Å². The Morgan fingerprint density at radius 3 is 2.45 bits per heavy atom. The Labute approximate surface area is 129 Å². The Hall–Kier alpha value is -1.79. The summed E-state index contributed by atoms with van der Waals surface area (Å²) in [4.78, 5) is 6.27. The van der Waals surface area contributed by atoms with Gasteiger partial charge < -0.3 is 9.63 Å². The molecule has 0 spiro atoms. The van der Waals surface area contributed by atoms with E-state index in [1.54, 1.807) is 19.1 Å². The first-order valence-electron chi connectivity index (χ1n) is 7.39. The van der Waals surface area contributed by atoms with E-state index < -0.39 is 6.10 Å². The molecule has 0 aliphatic heterocycles. The van der Waals surface area contributed by atoms with Crippen molar-refractivity contribution in [2.45, 2.75) is 33.4 Å². The number of hydrogen-bond acceptors (Lipinski definition) is 5. The molecule has 0 aliphatic rings. The molecule has 120 valence electrons. The highest BCUT2D eigenvalue weighted by Gasteiger charge is 2.17. The second-order valence-electron chi connectivity index (χ2n) is 5.88. The number of rotatable bonds is 7. The van der Waals surface area contributed by atoms with E-state index in [-0.39, 0.29) is 5.82 Å². The molecule has 22 heavy (non-hydrogen) atoms. The van der Waals surface area contributed by atoms with E-state index in [0.717, 1.165) is 6.54 Å². The highest BCUT2D eigenvalue weighted by Crippen LogP contribution is 2.17. The molecule has 0 radical (unpaired) electrons. The smallest absolute Gasteiger partial charge is 0.223 e. The van der Waals surface area contributed by atoms with E-state index >= 15 is 0 Å². The van der Waals surface area contributed by atoms with Gasteiger partial charge in [-0.1, -0.05) is 31.1 Å². The van der Waals surface area contributed by atoms with Crippen molar-refractivity contribution in [3.05, 3.63) is 47.4 Å². The molecule has 0 bridgehead atoms. The third-order valence-corrected chi connectivity index (χ3v) is 3.24. The minimum absolute atomic E-state index is 0.308. The molecular formula is C16H22FN3O2. The summed E-state index contributed by atoms with van der Waals surface area (Å²) in [6.45, 7) is 7.70.